The molecule has 0 N–H and O–H groups in total. The molecule has 2 saturated heterocycles. The smallest absolute Gasteiger partial charge is 0.303 e. The summed E-state index contributed by atoms with van der Waals surface area (Å²) in [6, 6.07) is 0. The van der Waals surface area contributed by atoms with E-state index in [1.54, 1.807) is 0 Å². The van der Waals surface area contributed by atoms with Crippen LogP contribution in [0.1, 0.15) is 54.9 Å². The van der Waals surface area contributed by atoms with Crippen molar-refractivity contribution in [2.24, 2.45) is 0 Å². The molecule has 0 unspecified atom stereocenters. The number of likely N-dealkylation sites (tertiary alicyclic amines) is 1. The second-order valence-electron chi connectivity index (χ2n) is 9.60. The summed E-state index contributed by atoms with van der Waals surface area (Å²) >= 11 is 0. The first-order chi connectivity index (χ1) is 18.5. The maximum atomic E-state index is 12.7. The number of carbonyl (C=O) groups excluding carboxylic acids is 7. The van der Waals surface area contributed by atoms with Gasteiger partial charge >= 0.3 is 35.8 Å². The number of hydrogen-bond acceptors (Lipinski definition) is 14. The molecule has 2 heterocycles. The van der Waals surface area contributed by atoms with Crippen LogP contribution in [-0.2, 0) is 66.7 Å². The van der Waals surface area contributed by atoms with Crippen LogP contribution in [0.15, 0.2) is 0 Å². The molecule has 7 atom stereocenters. The third kappa shape index (κ3) is 8.63. The third-order valence-electron chi connectivity index (χ3n) is 6.14. The van der Waals surface area contributed by atoms with E-state index in [0.29, 0.717) is 0 Å². The molecule has 1 spiro atoms. The Morgan fingerprint density at radius 3 is 1.65 bits per heavy atom. The van der Waals surface area contributed by atoms with Crippen molar-refractivity contribution in [2.45, 2.75) is 97.1 Å². The molecule has 2 rings (SSSR count). The van der Waals surface area contributed by atoms with Crippen molar-refractivity contribution >= 4 is 41.7 Å². The Hall–Kier alpha value is -3.75. The molecule has 0 aromatic carbocycles. The highest BCUT2D eigenvalue weighted by atomic mass is 16.7. The van der Waals surface area contributed by atoms with Crippen LogP contribution >= 0.6 is 0 Å². The summed E-state index contributed by atoms with van der Waals surface area (Å²) in [4.78, 5) is 86.2. The second-order valence-corrected chi connectivity index (χ2v) is 9.60. The van der Waals surface area contributed by atoms with Gasteiger partial charge in [0.1, 0.15) is 24.4 Å². The molecule has 224 valence electrons. The largest absolute Gasteiger partial charge is 0.463 e. The van der Waals surface area contributed by atoms with E-state index < -0.39 is 90.6 Å². The second kappa shape index (κ2) is 13.5. The molecule has 0 radical (unpaired) electrons. The fraction of sp³-hybridized carbons (Fsp3) is 0.720. The molecular formula is C25H35NO14. The summed E-state index contributed by atoms with van der Waals surface area (Å²) < 4.78 is 38.9. The molecule has 2 fully saturated rings. The van der Waals surface area contributed by atoms with Crippen molar-refractivity contribution in [3.05, 3.63) is 0 Å². The van der Waals surface area contributed by atoms with E-state index in [9.17, 15) is 33.6 Å². The van der Waals surface area contributed by atoms with Crippen LogP contribution in [0.2, 0.25) is 0 Å². The minimum atomic E-state index is -1.81. The van der Waals surface area contributed by atoms with Gasteiger partial charge in [-0.25, -0.2) is 0 Å². The zero-order valence-electron chi connectivity index (χ0n) is 23.5. The van der Waals surface area contributed by atoms with Gasteiger partial charge in [0.25, 0.3) is 0 Å². The lowest BCUT2D eigenvalue weighted by Crippen LogP contribution is -2.71. The van der Waals surface area contributed by atoms with Gasteiger partial charge in [-0.3, -0.25) is 33.6 Å². The minimum absolute atomic E-state index is 0.231. The van der Waals surface area contributed by atoms with Crippen LogP contribution in [-0.4, -0.2) is 109 Å². The van der Waals surface area contributed by atoms with Crippen molar-refractivity contribution in [3.63, 3.8) is 0 Å². The number of ether oxygens (including phenoxy) is 7. The molecule has 15 nitrogen and oxygen atoms in total. The SMILES string of the molecule is CC(=O)OC[C@H]1O[C@@]2(C[C@H](OC(C)=O)[C@H](OC(C)=O)CN(C(C)=O)C2)[C@H](OC(C)=O)[C@@H](OC(C)=O)[C@@H]1OC(C)=O. The summed E-state index contributed by atoms with van der Waals surface area (Å²) in [7, 11) is 0. The lowest BCUT2D eigenvalue weighted by molar-refractivity contribution is -0.292. The van der Waals surface area contributed by atoms with Crippen LogP contribution in [0.5, 0.6) is 0 Å². The maximum Gasteiger partial charge on any atom is 0.303 e. The van der Waals surface area contributed by atoms with E-state index in [1.807, 2.05) is 0 Å². The number of rotatable bonds is 7. The van der Waals surface area contributed by atoms with Crippen LogP contribution in [0.4, 0.5) is 0 Å². The first-order valence-corrected chi connectivity index (χ1v) is 12.5. The summed E-state index contributed by atoms with van der Waals surface area (Å²) in [6.07, 6.45) is -8.52. The predicted octanol–water partition coefficient (Wildman–Crippen LogP) is -0.402. The number of amides is 1. The van der Waals surface area contributed by atoms with Gasteiger partial charge in [0.15, 0.2) is 24.4 Å². The Bertz CT molecular complexity index is 1030. The van der Waals surface area contributed by atoms with Gasteiger partial charge in [-0.15, -0.1) is 0 Å². The molecule has 0 saturated carbocycles. The molecule has 0 aromatic heterocycles. The van der Waals surface area contributed by atoms with Crippen LogP contribution in [0.25, 0.3) is 0 Å². The Morgan fingerprint density at radius 2 is 1.18 bits per heavy atom. The van der Waals surface area contributed by atoms with Gasteiger partial charge in [0, 0.05) is 54.9 Å². The van der Waals surface area contributed by atoms with E-state index in [0.717, 1.165) is 41.5 Å². The fourth-order valence-electron chi connectivity index (χ4n) is 4.90. The monoisotopic (exact) mass is 573 g/mol. The zero-order chi connectivity index (χ0) is 30.4. The summed E-state index contributed by atoms with van der Waals surface area (Å²) in [5.74, 6) is -5.17. The maximum absolute atomic E-state index is 12.7. The van der Waals surface area contributed by atoms with E-state index in [1.165, 1.54) is 11.8 Å². The van der Waals surface area contributed by atoms with Gasteiger partial charge in [-0.05, 0) is 0 Å². The third-order valence-corrected chi connectivity index (χ3v) is 6.14. The molecule has 15 heteroatoms. The average molecular weight is 574 g/mol. The predicted molar refractivity (Wildman–Crippen MR) is 129 cm³/mol. The number of nitrogens with zero attached hydrogens (tertiary/aromatic N) is 1. The molecule has 0 bridgehead atoms. The average Bonchev–Trinajstić information content (AvgIpc) is 2.93. The first kappa shape index (κ1) is 32.5. The lowest BCUT2D eigenvalue weighted by atomic mass is 9.80. The Morgan fingerprint density at radius 1 is 0.675 bits per heavy atom. The summed E-state index contributed by atoms with van der Waals surface area (Å²) in [5.41, 5.74) is -1.81. The van der Waals surface area contributed by atoms with E-state index in [2.05, 4.69) is 0 Å². The topological polar surface area (TPSA) is 187 Å². The van der Waals surface area contributed by atoms with E-state index >= 15 is 0 Å². The van der Waals surface area contributed by atoms with Crippen molar-refractivity contribution in [3.8, 4) is 0 Å². The quantitative estimate of drug-likeness (QED) is 0.283. The van der Waals surface area contributed by atoms with Crippen molar-refractivity contribution in [2.75, 3.05) is 19.7 Å². The van der Waals surface area contributed by atoms with Crippen LogP contribution in [0.3, 0.4) is 0 Å². The molecule has 2 aliphatic rings. The highest BCUT2D eigenvalue weighted by Crippen LogP contribution is 2.42. The van der Waals surface area contributed by atoms with E-state index in [-0.39, 0.29) is 19.5 Å². The van der Waals surface area contributed by atoms with Gasteiger partial charge in [-0.1, -0.05) is 0 Å². The Kier molecular flexibility index (Phi) is 11.0. The lowest BCUT2D eigenvalue weighted by Gasteiger charge is -2.52. The highest BCUT2D eigenvalue weighted by molar-refractivity contribution is 5.74. The van der Waals surface area contributed by atoms with E-state index in [4.69, 9.17) is 33.2 Å². The number of hydrogen-bond donors (Lipinski definition) is 0. The van der Waals surface area contributed by atoms with Gasteiger partial charge in [0.2, 0.25) is 5.91 Å². The van der Waals surface area contributed by atoms with Crippen molar-refractivity contribution < 1.29 is 66.7 Å². The Balaban J connectivity index is 2.80. The molecule has 0 aromatic rings. The summed E-state index contributed by atoms with van der Waals surface area (Å²) in [5, 5.41) is 0. The number of carbonyl (C=O) groups is 7. The standard InChI is InChI=1S/C25H35NO14/c1-12(27)26-9-20(36-15(4)30)19(35-14(3)29)8-25(11-26)24(39-18(7)33)23(38-17(6)32)22(37-16(5)31)21(40-25)10-34-13(2)28/h19-24H,8-11H2,1-7H3/t19-,20+,21+,22+,23-,24+,25+/m0/s1. The molecule has 1 amide bonds. The molecular weight excluding hydrogens is 538 g/mol. The summed E-state index contributed by atoms with van der Waals surface area (Å²) in [6.45, 7) is 6.80. The van der Waals surface area contributed by atoms with Crippen LogP contribution < -0.4 is 0 Å². The highest BCUT2D eigenvalue weighted by Gasteiger charge is 2.63. The minimum Gasteiger partial charge on any atom is -0.463 e. The van der Waals surface area contributed by atoms with Gasteiger partial charge in [0.05, 0.1) is 13.1 Å². The molecule has 40 heavy (non-hydrogen) atoms. The molecule has 2 aliphatic heterocycles. The Labute approximate surface area is 230 Å². The first-order valence-electron chi connectivity index (χ1n) is 12.5. The fourth-order valence-corrected chi connectivity index (χ4v) is 4.90. The van der Waals surface area contributed by atoms with Crippen molar-refractivity contribution in [1.82, 2.24) is 4.90 Å². The normalized spacial score (nSPS) is 29.8. The van der Waals surface area contributed by atoms with Crippen LogP contribution in [0, 0.1) is 0 Å². The van der Waals surface area contributed by atoms with Gasteiger partial charge in [-0.2, -0.15) is 0 Å². The number of esters is 6. The van der Waals surface area contributed by atoms with Gasteiger partial charge < -0.3 is 38.1 Å². The van der Waals surface area contributed by atoms with Crippen molar-refractivity contribution in [1.29, 1.82) is 0 Å². The zero-order valence-corrected chi connectivity index (χ0v) is 23.5. The molecule has 0 aliphatic carbocycles.